The molecule has 0 bridgehead atoms. The number of aryl methyl sites for hydroxylation is 1. The zero-order valence-corrected chi connectivity index (χ0v) is 11.9. The fraction of sp³-hybridized carbons (Fsp3) is 0.714. The fourth-order valence-corrected chi connectivity index (χ4v) is 3.14. The highest BCUT2D eigenvalue weighted by Crippen LogP contribution is 2.16. The Hall–Kier alpha value is -0.420. The van der Waals surface area contributed by atoms with Crippen LogP contribution in [0.2, 0.25) is 0 Å². The van der Waals surface area contributed by atoms with Crippen LogP contribution in [0.15, 0.2) is 17.5 Å². The maximum absolute atomic E-state index is 10.2. The van der Waals surface area contributed by atoms with Gasteiger partial charge in [-0.2, -0.15) is 0 Å². The predicted octanol–water partition coefficient (Wildman–Crippen LogP) is 2.15. The van der Waals surface area contributed by atoms with Gasteiger partial charge in [-0.05, 0) is 37.3 Å². The molecule has 18 heavy (non-hydrogen) atoms. The lowest BCUT2D eigenvalue weighted by atomic mass is 10.1. The summed E-state index contributed by atoms with van der Waals surface area (Å²) in [6.45, 7) is 5.93. The highest BCUT2D eigenvalue weighted by Gasteiger charge is 2.26. The third-order valence-corrected chi connectivity index (χ3v) is 4.35. The molecule has 0 saturated carbocycles. The van der Waals surface area contributed by atoms with Crippen molar-refractivity contribution in [1.82, 2.24) is 4.90 Å². The Balaban J connectivity index is 1.75. The molecule has 1 aromatic heterocycles. The largest absolute Gasteiger partial charge is 0.390 e. The third-order valence-electron chi connectivity index (χ3n) is 3.41. The lowest BCUT2D eigenvalue weighted by Gasteiger charge is -2.35. The van der Waals surface area contributed by atoms with E-state index in [1.807, 2.05) is 0 Å². The second-order valence-corrected chi connectivity index (χ2v) is 5.93. The number of hydrogen-bond donors (Lipinski definition) is 1. The number of aliphatic hydroxyl groups is 1. The summed E-state index contributed by atoms with van der Waals surface area (Å²) in [5, 5.41) is 12.3. The molecule has 0 aliphatic carbocycles. The Morgan fingerprint density at radius 3 is 3.22 bits per heavy atom. The molecular formula is C14H23NO2S. The Kier molecular flexibility index (Phi) is 5.63. The van der Waals surface area contributed by atoms with Crippen LogP contribution in [0.3, 0.4) is 0 Å². The van der Waals surface area contributed by atoms with Gasteiger partial charge in [0, 0.05) is 18.0 Å². The summed E-state index contributed by atoms with van der Waals surface area (Å²) in [5.41, 5.74) is 0. The van der Waals surface area contributed by atoms with Gasteiger partial charge in [0.05, 0.1) is 18.8 Å². The molecule has 1 fully saturated rings. The van der Waals surface area contributed by atoms with Gasteiger partial charge in [0.2, 0.25) is 0 Å². The van der Waals surface area contributed by atoms with Crippen molar-refractivity contribution in [2.75, 3.05) is 26.2 Å². The number of nitrogens with zero attached hydrogens (tertiary/aromatic N) is 1. The van der Waals surface area contributed by atoms with E-state index in [-0.39, 0.29) is 12.2 Å². The molecule has 4 heteroatoms. The van der Waals surface area contributed by atoms with E-state index in [0.717, 1.165) is 45.5 Å². The molecule has 1 aliphatic rings. The Bertz CT molecular complexity index is 327. The summed E-state index contributed by atoms with van der Waals surface area (Å²) < 4.78 is 5.70. The van der Waals surface area contributed by atoms with E-state index in [9.17, 15) is 5.11 Å². The third kappa shape index (κ3) is 4.05. The molecule has 2 atom stereocenters. The van der Waals surface area contributed by atoms with E-state index in [2.05, 4.69) is 29.3 Å². The lowest BCUT2D eigenvalue weighted by Crippen LogP contribution is -2.47. The van der Waals surface area contributed by atoms with Crippen molar-refractivity contribution in [2.24, 2.45) is 0 Å². The average molecular weight is 269 g/mol. The summed E-state index contributed by atoms with van der Waals surface area (Å²) in [7, 11) is 0. The van der Waals surface area contributed by atoms with Crippen LogP contribution in [-0.4, -0.2) is 48.5 Å². The molecule has 1 aliphatic heterocycles. The predicted molar refractivity (Wildman–Crippen MR) is 75.1 cm³/mol. The van der Waals surface area contributed by atoms with Crippen molar-refractivity contribution in [3.8, 4) is 0 Å². The van der Waals surface area contributed by atoms with Crippen LogP contribution in [0.1, 0.15) is 24.6 Å². The van der Waals surface area contributed by atoms with Gasteiger partial charge in [-0.25, -0.2) is 0 Å². The first-order valence-electron chi connectivity index (χ1n) is 6.84. The zero-order valence-electron chi connectivity index (χ0n) is 11.0. The average Bonchev–Trinajstić information content (AvgIpc) is 2.90. The molecule has 0 aromatic carbocycles. The molecule has 2 heterocycles. The van der Waals surface area contributed by atoms with Gasteiger partial charge in [-0.15, -0.1) is 11.3 Å². The molecule has 2 unspecified atom stereocenters. The van der Waals surface area contributed by atoms with Crippen molar-refractivity contribution < 1.29 is 9.84 Å². The topological polar surface area (TPSA) is 32.7 Å². The summed E-state index contributed by atoms with van der Waals surface area (Å²) >= 11 is 1.76. The first kappa shape index (κ1) is 14.0. The minimum absolute atomic E-state index is 0.00902. The number of ether oxygens (including phenoxy) is 1. The minimum atomic E-state index is -0.341. The Morgan fingerprint density at radius 1 is 1.61 bits per heavy atom. The SMILES string of the molecule is CCCN1CCOC(C(O)CCc2cccs2)C1. The molecule has 1 saturated heterocycles. The maximum atomic E-state index is 10.2. The fourth-order valence-electron chi connectivity index (χ4n) is 2.41. The number of morpholine rings is 1. The quantitative estimate of drug-likeness (QED) is 0.859. The second-order valence-electron chi connectivity index (χ2n) is 4.90. The van der Waals surface area contributed by atoms with E-state index in [0.29, 0.717) is 0 Å². The first-order valence-corrected chi connectivity index (χ1v) is 7.72. The molecule has 1 aromatic rings. The van der Waals surface area contributed by atoms with E-state index < -0.39 is 0 Å². The Morgan fingerprint density at radius 2 is 2.50 bits per heavy atom. The summed E-state index contributed by atoms with van der Waals surface area (Å²) in [6.07, 6.45) is 2.56. The minimum Gasteiger partial charge on any atom is -0.390 e. The van der Waals surface area contributed by atoms with Crippen LogP contribution in [0.25, 0.3) is 0 Å². The molecule has 2 rings (SSSR count). The molecule has 0 spiro atoms. The second kappa shape index (κ2) is 7.24. The smallest absolute Gasteiger partial charge is 0.0961 e. The van der Waals surface area contributed by atoms with Gasteiger partial charge in [-0.1, -0.05) is 13.0 Å². The molecule has 102 valence electrons. The van der Waals surface area contributed by atoms with Crippen LogP contribution in [0.4, 0.5) is 0 Å². The molecule has 1 N–H and O–H groups in total. The number of thiophene rings is 1. The normalized spacial score (nSPS) is 23.1. The first-order chi connectivity index (χ1) is 8.79. The number of hydrogen-bond acceptors (Lipinski definition) is 4. The molecule has 0 amide bonds. The number of aliphatic hydroxyl groups excluding tert-OH is 1. The van der Waals surface area contributed by atoms with Gasteiger partial charge in [0.15, 0.2) is 0 Å². The van der Waals surface area contributed by atoms with Crippen molar-refractivity contribution in [3.63, 3.8) is 0 Å². The van der Waals surface area contributed by atoms with Crippen molar-refractivity contribution in [2.45, 2.75) is 38.4 Å². The van der Waals surface area contributed by atoms with Gasteiger partial charge in [-0.3, -0.25) is 4.90 Å². The summed E-state index contributed by atoms with van der Waals surface area (Å²) in [5.74, 6) is 0. The molecular weight excluding hydrogens is 246 g/mol. The van der Waals surface area contributed by atoms with E-state index in [4.69, 9.17) is 4.74 Å². The van der Waals surface area contributed by atoms with Crippen LogP contribution in [-0.2, 0) is 11.2 Å². The van der Waals surface area contributed by atoms with Crippen LogP contribution in [0.5, 0.6) is 0 Å². The van der Waals surface area contributed by atoms with Gasteiger partial charge < -0.3 is 9.84 Å². The monoisotopic (exact) mass is 269 g/mol. The van der Waals surface area contributed by atoms with Gasteiger partial charge in [0.25, 0.3) is 0 Å². The zero-order chi connectivity index (χ0) is 12.8. The highest BCUT2D eigenvalue weighted by atomic mass is 32.1. The van der Waals surface area contributed by atoms with Gasteiger partial charge >= 0.3 is 0 Å². The van der Waals surface area contributed by atoms with Crippen LogP contribution >= 0.6 is 11.3 Å². The highest BCUT2D eigenvalue weighted by molar-refractivity contribution is 7.09. The van der Waals surface area contributed by atoms with Crippen molar-refractivity contribution in [3.05, 3.63) is 22.4 Å². The van der Waals surface area contributed by atoms with Crippen molar-refractivity contribution in [1.29, 1.82) is 0 Å². The van der Waals surface area contributed by atoms with E-state index in [1.165, 1.54) is 4.88 Å². The standard InChI is InChI=1S/C14H23NO2S/c1-2-7-15-8-9-17-14(11-15)13(16)6-5-12-4-3-10-18-12/h3-4,10,13-14,16H,2,5-9,11H2,1H3. The number of rotatable bonds is 6. The van der Waals surface area contributed by atoms with Crippen molar-refractivity contribution >= 4 is 11.3 Å². The van der Waals surface area contributed by atoms with E-state index >= 15 is 0 Å². The molecule has 3 nitrogen and oxygen atoms in total. The maximum Gasteiger partial charge on any atom is 0.0961 e. The molecule has 0 radical (unpaired) electrons. The van der Waals surface area contributed by atoms with Crippen LogP contribution < -0.4 is 0 Å². The van der Waals surface area contributed by atoms with Crippen LogP contribution in [0, 0.1) is 0 Å². The summed E-state index contributed by atoms with van der Waals surface area (Å²) in [6, 6.07) is 4.19. The van der Waals surface area contributed by atoms with Gasteiger partial charge in [0.1, 0.15) is 0 Å². The van der Waals surface area contributed by atoms with E-state index in [1.54, 1.807) is 11.3 Å². The summed E-state index contributed by atoms with van der Waals surface area (Å²) in [4.78, 5) is 3.73. The lowest BCUT2D eigenvalue weighted by molar-refractivity contribution is -0.0899. The Labute approximate surface area is 113 Å².